The zero-order valence-corrected chi connectivity index (χ0v) is 11.4. The fourth-order valence-electron chi connectivity index (χ4n) is 2.62. The second-order valence-electron chi connectivity index (χ2n) is 5.25. The van der Waals surface area contributed by atoms with Crippen molar-refractivity contribution in [3.05, 3.63) is 0 Å². The van der Waals surface area contributed by atoms with E-state index in [1.165, 1.54) is 4.90 Å². The van der Waals surface area contributed by atoms with Crippen LogP contribution >= 0.6 is 0 Å². The monoisotopic (exact) mass is 268 g/mol. The quantitative estimate of drug-likeness (QED) is 0.684. The number of ether oxygens (including phenoxy) is 1. The summed E-state index contributed by atoms with van der Waals surface area (Å²) < 4.78 is 5.57. The molecule has 0 bridgehead atoms. The lowest BCUT2D eigenvalue weighted by molar-refractivity contribution is -0.145. The van der Waals surface area contributed by atoms with E-state index in [-0.39, 0.29) is 55.7 Å². The van der Waals surface area contributed by atoms with Gasteiger partial charge in [0.15, 0.2) is 0 Å². The molecule has 6 heteroatoms. The molecule has 19 heavy (non-hydrogen) atoms. The summed E-state index contributed by atoms with van der Waals surface area (Å²) in [4.78, 5) is 37.9. The molecule has 0 aromatic rings. The fraction of sp³-hybridized carbons (Fsp3) is 0.769. The molecule has 0 aromatic carbocycles. The molecule has 3 amide bonds. The van der Waals surface area contributed by atoms with E-state index in [0.29, 0.717) is 13.1 Å². The van der Waals surface area contributed by atoms with Crippen LogP contribution in [0.1, 0.15) is 33.1 Å². The average molecular weight is 268 g/mol. The Morgan fingerprint density at radius 1 is 1.16 bits per heavy atom. The van der Waals surface area contributed by atoms with Crippen molar-refractivity contribution in [2.75, 3.05) is 19.6 Å². The van der Waals surface area contributed by atoms with Gasteiger partial charge < -0.3 is 9.64 Å². The highest BCUT2D eigenvalue weighted by atomic mass is 16.5. The maximum atomic E-state index is 12.1. The molecule has 2 atom stereocenters. The van der Waals surface area contributed by atoms with Gasteiger partial charge >= 0.3 is 0 Å². The molecule has 0 N–H and O–H groups in total. The summed E-state index contributed by atoms with van der Waals surface area (Å²) in [5.74, 6) is -0.350. The summed E-state index contributed by atoms with van der Waals surface area (Å²) in [7, 11) is 0. The first-order valence-corrected chi connectivity index (χ1v) is 6.74. The predicted octanol–water partition coefficient (Wildman–Crippen LogP) is 0.161. The topological polar surface area (TPSA) is 66.9 Å². The van der Waals surface area contributed by atoms with Crippen molar-refractivity contribution in [2.45, 2.75) is 45.3 Å². The minimum absolute atomic E-state index is 0.0190. The van der Waals surface area contributed by atoms with Crippen LogP contribution in [0.25, 0.3) is 0 Å². The molecule has 2 rings (SSSR count). The van der Waals surface area contributed by atoms with Gasteiger partial charge in [-0.05, 0) is 13.8 Å². The number of amides is 3. The van der Waals surface area contributed by atoms with Crippen molar-refractivity contribution >= 4 is 17.7 Å². The number of hydrogen-bond acceptors (Lipinski definition) is 4. The number of hydrogen-bond donors (Lipinski definition) is 0. The molecule has 2 heterocycles. The number of morpholine rings is 1. The Morgan fingerprint density at radius 2 is 1.68 bits per heavy atom. The Balaban J connectivity index is 1.84. The third-order valence-electron chi connectivity index (χ3n) is 3.48. The molecule has 0 radical (unpaired) electrons. The highest BCUT2D eigenvalue weighted by Crippen LogP contribution is 2.14. The second kappa shape index (κ2) is 5.69. The number of rotatable bonds is 3. The van der Waals surface area contributed by atoms with Crippen LogP contribution in [0.5, 0.6) is 0 Å². The zero-order chi connectivity index (χ0) is 14.0. The van der Waals surface area contributed by atoms with Gasteiger partial charge in [-0.15, -0.1) is 0 Å². The standard InChI is InChI=1S/C13H20N2O4/c1-9-7-14(8-10(2)19-9)11(16)5-6-15-12(17)3-4-13(15)18/h9-10H,3-8H2,1-2H3. The summed E-state index contributed by atoms with van der Waals surface area (Å²) in [5.41, 5.74) is 0. The lowest BCUT2D eigenvalue weighted by atomic mass is 10.2. The highest BCUT2D eigenvalue weighted by molar-refractivity contribution is 6.02. The van der Waals surface area contributed by atoms with Crippen molar-refractivity contribution in [1.82, 2.24) is 9.80 Å². The Bertz CT molecular complexity index is 370. The number of carbonyl (C=O) groups excluding carboxylic acids is 3. The van der Waals surface area contributed by atoms with Crippen molar-refractivity contribution in [2.24, 2.45) is 0 Å². The van der Waals surface area contributed by atoms with Gasteiger partial charge in [-0.2, -0.15) is 0 Å². The summed E-state index contributed by atoms with van der Waals surface area (Å²) in [6.07, 6.45) is 0.819. The average Bonchev–Trinajstić information content (AvgIpc) is 2.65. The molecule has 2 saturated heterocycles. The van der Waals surface area contributed by atoms with E-state index in [1.807, 2.05) is 13.8 Å². The Morgan fingerprint density at radius 3 is 2.21 bits per heavy atom. The molecule has 2 aliphatic heterocycles. The van der Waals surface area contributed by atoms with Gasteiger partial charge in [-0.1, -0.05) is 0 Å². The largest absolute Gasteiger partial charge is 0.372 e. The van der Waals surface area contributed by atoms with Crippen molar-refractivity contribution < 1.29 is 19.1 Å². The molecular formula is C13H20N2O4. The summed E-state index contributed by atoms with van der Waals surface area (Å²) in [6.45, 7) is 5.22. The van der Waals surface area contributed by atoms with Crippen LogP contribution in [0.2, 0.25) is 0 Å². The van der Waals surface area contributed by atoms with Gasteiger partial charge in [-0.25, -0.2) is 0 Å². The normalized spacial score (nSPS) is 28.1. The first-order chi connectivity index (χ1) is 8.97. The predicted molar refractivity (Wildman–Crippen MR) is 67.2 cm³/mol. The molecule has 0 spiro atoms. The minimum Gasteiger partial charge on any atom is -0.372 e. The van der Waals surface area contributed by atoms with Gasteiger partial charge in [-0.3, -0.25) is 19.3 Å². The third kappa shape index (κ3) is 3.32. The molecule has 6 nitrogen and oxygen atoms in total. The van der Waals surface area contributed by atoms with Gasteiger partial charge in [0, 0.05) is 38.9 Å². The molecule has 2 unspecified atom stereocenters. The van der Waals surface area contributed by atoms with E-state index < -0.39 is 0 Å². The molecule has 106 valence electrons. The third-order valence-corrected chi connectivity index (χ3v) is 3.48. The smallest absolute Gasteiger partial charge is 0.229 e. The second-order valence-corrected chi connectivity index (χ2v) is 5.25. The summed E-state index contributed by atoms with van der Waals surface area (Å²) >= 11 is 0. The first kappa shape index (κ1) is 14.0. The van der Waals surface area contributed by atoms with Crippen LogP contribution in [0.3, 0.4) is 0 Å². The van der Waals surface area contributed by atoms with E-state index in [9.17, 15) is 14.4 Å². The Labute approximate surface area is 112 Å². The Hall–Kier alpha value is -1.43. The Kier molecular flexibility index (Phi) is 4.19. The van der Waals surface area contributed by atoms with Gasteiger partial charge in [0.1, 0.15) is 0 Å². The van der Waals surface area contributed by atoms with Crippen LogP contribution in [-0.4, -0.2) is 59.4 Å². The van der Waals surface area contributed by atoms with Crippen LogP contribution in [0.4, 0.5) is 0 Å². The van der Waals surface area contributed by atoms with E-state index in [4.69, 9.17) is 4.74 Å². The van der Waals surface area contributed by atoms with Crippen molar-refractivity contribution in [3.8, 4) is 0 Å². The van der Waals surface area contributed by atoms with Gasteiger partial charge in [0.25, 0.3) is 0 Å². The van der Waals surface area contributed by atoms with Gasteiger partial charge in [0.2, 0.25) is 17.7 Å². The van der Waals surface area contributed by atoms with E-state index in [1.54, 1.807) is 4.90 Å². The number of nitrogens with zero attached hydrogens (tertiary/aromatic N) is 2. The van der Waals surface area contributed by atoms with E-state index >= 15 is 0 Å². The van der Waals surface area contributed by atoms with Crippen LogP contribution in [0.15, 0.2) is 0 Å². The lowest BCUT2D eigenvalue weighted by Gasteiger charge is -2.35. The summed E-state index contributed by atoms with van der Waals surface area (Å²) in [6, 6.07) is 0. The first-order valence-electron chi connectivity index (χ1n) is 6.74. The number of likely N-dealkylation sites (tertiary alicyclic amines) is 1. The number of carbonyl (C=O) groups is 3. The zero-order valence-electron chi connectivity index (χ0n) is 11.4. The van der Waals surface area contributed by atoms with Crippen molar-refractivity contribution in [3.63, 3.8) is 0 Å². The molecule has 0 aliphatic carbocycles. The van der Waals surface area contributed by atoms with E-state index in [0.717, 1.165) is 0 Å². The van der Waals surface area contributed by atoms with Crippen molar-refractivity contribution in [1.29, 1.82) is 0 Å². The molecular weight excluding hydrogens is 248 g/mol. The molecule has 0 saturated carbocycles. The SMILES string of the molecule is CC1CN(C(=O)CCN2C(=O)CCC2=O)CC(C)O1. The fourth-order valence-corrected chi connectivity index (χ4v) is 2.62. The lowest BCUT2D eigenvalue weighted by Crippen LogP contribution is -2.48. The van der Waals surface area contributed by atoms with Crippen LogP contribution in [0, 0.1) is 0 Å². The minimum atomic E-state index is -0.165. The molecule has 2 aliphatic rings. The maximum absolute atomic E-state index is 12.1. The van der Waals surface area contributed by atoms with Crippen LogP contribution < -0.4 is 0 Å². The maximum Gasteiger partial charge on any atom is 0.229 e. The summed E-state index contributed by atoms with van der Waals surface area (Å²) in [5, 5.41) is 0. The van der Waals surface area contributed by atoms with Crippen LogP contribution in [-0.2, 0) is 19.1 Å². The highest BCUT2D eigenvalue weighted by Gasteiger charge is 2.30. The number of imide groups is 1. The molecule has 0 aromatic heterocycles. The van der Waals surface area contributed by atoms with E-state index in [2.05, 4.69) is 0 Å². The molecule has 2 fully saturated rings. The van der Waals surface area contributed by atoms with Gasteiger partial charge in [0.05, 0.1) is 12.2 Å².